The second-order valence-corrected chi connectivity index (χ2v) is 29.6. The van der Waals surface area contributed by atoms with Crippen LogP contribution >= 0.6 is 0 Å². The molecule has 0 saturated heterocycles. The van der Waals surface area contributed by atoms with Crippen LogP contribution in [0.2, 0.25) is 0 Å². The van der Waals surface area contributed by atoms with Crippen LogP contribution in [-0.2, 0) is 81.7 Å². The second kappa shape index (κ2) is 95.0. The van der Waals surface area contributed by atoms with Gasteiger partial charge in [-0.25, -0.2) is 0 Å². The third kappa shape index (κ3) is 44.7. The van der Waals surface area contributed by atoms with Crippen LogP contribution in [0.25, 0.3) is 21.9 Å². The molecule has 15 atom stereocenters. The monoisotopic (exact) mass is 1720 g/mol. The van der Waals surface area contributed by atoms with Crippen LogP contribution in [0.4, 0.5) is 0 Å². The molecule has 0 bridgehead atoms. The van der Waals surface area contributed by atoms with E-state index >= 15 is 0 Å². The topological polar surface area (TPSA) is 0 Å². The molecule has 5 aromatic rings. The summed E-state index contributed by atoms with van der Waals surface area (Å²) in [6.07, 6.45) is 24.5. The van der Waals surface area contributed by atoms with Gasteiger partial charge in [-0.3, -0.25) is 0 Å². The standard InChI is InChI=1S/C25H26.2C19H28.12C3H8.11CH4.2Y/c1-5-17(3)25(18(4)6-2)22-15-8-7-13-20(22)21-14-9-11-19-12-10-16-23(25)24(19)21;1-11-12(2)15(5)19(14(11)4)16(6)13(3)17-9-7-8-10-18(17)19;1-7-13(3)19(14(4)8-2)16(6)15(5)17-11-9-10-12-18(17)19;12*1-3-2;;;;;;;;;;;;;/h5-18H,1-4H3;2*7-16H,1-6H3;12*3H2,1-2H3;11*1H4;;/q-2;;-2;;;;;;;;;;;;;;;;;;;;;;;;;/t17-,18+,25?;11-,12+,13-,14-,15+,16+,19?;13-,14+,15-,16+,19?;;;;;;;;;;;;;;;;;;;;;;;;;/m.11........................./s1. The van der Waals surface area contributed by atoms with Crippen molar-refractivity contribution in [2.75, 3.05) is 0 Å². The van der Waals surface area contributed by atoms with Gasteiger partial charge in [0.25, 0.3) is 0 Å². The van der Waals surface area contributed by atoms with Crippen molar-refractivity contribution in [3.8, 4) is 11.1 Å². The Labute approximate surface area is 771 Å². The fraction of sp³-hybridized carbons (Fsp3) is 0.709. The van der Waals surface area contributed by atoms with Crippen molar-refractivity contribution in [1.82, 2.24) is 0 Å². The van der Waals surface area contributed by atoms with Gasteiger partial charge in [0.05, 0.1) is 0 Å². The summed E-state index contributed by atoms with van der Waals surface area (Å²) in [6, 6.07) is 41.0. The van der Waals surface area contributed by atoms with Crippen molar-refractivity contribution < 1.29 is 65.4 Å². The molecule has 0 N–H and O–H groups in total. The molecule has 4 aliphatic carbocycles. The van der Waals surface area contributed by atoms with Crippen molar-refractivity contribution in [1.29, 1.82) is 0 Å². The average Bonchev–Trinajstić information content (AvgIpc) is 1.13. The molecular weight excluding hydrogens is 1500 g/mol. The van der Waals surface area contributed by atoms with Crippen molar-refractivity contribution in [3.05, 3.63) is 168 Å². The van der Waals surface area contributed by atoms with Gasteiger partial charge in [0.2, 0.25) is 0 Å². The Bertz CT molecular complexity index is 2420. The van der Waals surface area contributed by atoms with Crippen molar-refractivity contribution in [2.45, 2.75) is 464 Å². The number of benzene rings is 5. The zero-order valence-corrected chi connectivity index (χ0v) is 81.4. The fourth-order valence-electron chi connectivity index (χ4n) is 15.3. The van der Waals surface area contributed by atoms with Crippen LogP contribution in [0.3, 0.4) is 0 Å². The molecule has 1 spiro atoms. The SMILES string of the molecule is C.C.C.C.C.C.C.C.C.C.C.CCC.CCC.CCC.CCC.CCC.CCC.CCC.CCC.CCC.CCC.CCC.CCC.C[C@@H]1[C@H](C)[C@H](C)C2(c3ccccc3[C@H](C)[C@@H]2C)[C@@H]1C.C[CH-][C@@H](C)C1([C@@H](C)[CH-]C)c2ccccc2-c2cccc3cccc1c23.C[CH-][C@@H](C)C1([C@@H](C)[CH-]C)c2ccccc2[C@H](C)[C@@H]1C.[Y].[Y]. The smallest absolute Gasteiger partial charge is 0.00436 e. The van der Waals surface area contributed by atoms with E-state index < -0.39 is 0 Å². The van der Waals surface area contributed by atoms with Gasteiger partial charge in [-0.15, -0.1) is 0 Å². The molecule has 2 heteroatoms. The zero-order chi connectivity index (χ0) is 78.2. The van der Waals surface area contributed by atoms with Gasteiger partial charge in [0, 0.05) is 70.8 Å². The largest absolute Gasteiger partial charge is 0.328 e. The first kappa shape index (κ1) is 158. The average molecular weight is 1720 g/mol. The Morgan fingerprint density at radius 1 is 0.268 bits per heavy atom. The summed E-state index contributed by atoms with van der Waals surface area (Å²) >= 11 is 0. The van der Waals surface area contributed by atoms with Crippen LogP contribution in [-0.4, -0.2) is 0 Å². The third-order valence-electron chi connectivity index (χ3n) is 19.7. The van der Waals surface area contributed by atoms with E-state index in [0.717, 1.165) is 29.6 Å². The van der Waals surface area contributed by atoms with E-state index in [-0.39, 0.29) is 158 Å². The summed E-state index contributed by atoms with van der Waals surface area (Å²) in [5.74, 6) is 8.13. The minimum Gasteiger partial charge on any atom is -0.328 e. The maximum Gasteiger partial charge on any atom is 0.00436 e. The van der Waals surface area contributed by atoms with Gasteiger partial charge in [0.15, 0.2) is 0 Å². The molecule has 672 valence electrons. The molecule has 4 aliphatic rings. The molecule has 0 amide bonds. The van der Waals surface area contributed by atoms with Gasteiger partial charge in [0.1, 0.15) is 0 Å². The van der Waals surface area contributed by atoms with E-state index in [1.165, 1.54) is 110 Å². The molecule has 5 aromatic carbocycles. The van der Waals surface area contributed by atoms with Crippen LogP contribution in [0.5, 0.6) is 0 Å². The number of hydrogen-bond donors (Lipinski definition) is 0. The predicted octanol–water partition coefficient (Wildman–Crippen LogP) is 41.4. The summed E-state index contributed by atoms with van der Waals surface area (Å²) in [6.45, 7) is 89.1. The van der Waals surface area contributed by atoms with Gasteiger partial charge in [-0.2, -0.15) is 51.4 Å². The summed E-state index contributed by atoms with van der Waals surface area (Å²) in [7, 11) is 0. The first-order valence-electron chi connectivity index (χ1n) is 42.1. The summed E-state index contributed by atoms with van der Waals surface area (Å²) in [5.41, 5.74) is 12.8. The van der Waals surface area contributed by atoms with Crippen LogP contribution in [0.15, 0.2) is 109 Å². The molecule has 0 aromatic heterocycles. The third-order valence-corrected chi connectivity index (χ3v) is 19.7. The van der Waals surface area contributed by atoms with Crippen LogP contribution < -0.4 is 0 Å². The Morgan fingerprint density at radius 3 is 0.804 bits per heavy atom. The minimum atomic E-state index is -0.0199. The Morgan fingerprint density at radius 2 is 0.500 bits per heavy atom. The van der Waals surface area contributed by atoms with E-state index in [1.807, 2.05) is 0 Å². The van der Waals surface area contributed by atoms with Gasteiger partial charge >= 0.3 is 0 Å². The first-order valence-corrected chi connectivity index (χ1v) is 42.1. The molecule has 9 rings (SSSR count). The Hall–Kier alpha value is -1.43. The van der Waals surface area contributed by atoms with E-state index in [0.29, 0.717) is 46.8 Å². The Balaban J connectivity index is -0.0000000538. The zero-order valence-electron chi connectivity index (χ0n) is 75.8. The van der Waals surface area contributed by atoms with E-state index in [9.17, 15) is 0 Å². The van der Waals surface area contributed by atoms with Gasteiger partial charge < -0.3 is 25.7 Å². The van der Waals surface area contributed by atoms with Crippen molar-refractivity contribution >= 4 is 10.8 Å². The molecular formula is C110H222Y2-4. The molecule has 112 heavy (non-hydrogen) atoms. The molecule has 3 unspecified atom stereocenters. The summed E-state index contributed by atoms with van der Waals surface area (Å²) < 4.78 is 0. The number of rotatable bonds is 8. The Kier molecular flexibility index (Phi) is 134. The quantitative estimate of drug-likeness (QED) is 0.136. The predicted molar refractivity (Wildman–Crippen MR) is 540 cm³/mol. The fourth-order valence-corrected chi connectivity index (χ4v) is 15.3. The van der Waals surface area contributed by atoms with E-state index in [1.54, 1.807) is 22.3 Å². The second-order valence-electron chi connectivity index (χ2n) is 29.6. The first-order chi connectivity index (χ1) is 47.1. The van der Waals surface area contributed by atoms with E-state index in [4.69, 9.17) is 0 Å². The van der Waals surface area contributed by atoms with Gasteiger partial charge in [-0.1, -0.05) is 523 Å². The molecule has 1 fully saturated rings. The molecule has 0 aliphatic heterocycles. The summed E-state index contributed by atoms with van der Waals surface area (Å²) in [4.78, 5) is 0. The maximum absolute atomic E-state index is 2.51. The molecule has 0 heterocycles. The van der Waals surface area contributed by atoms with Gasteiger partial charge in [-0.05, 0) is 108 Å². The van der Waals surface area contributed by atoms with Crippen molar-refractivity contribution in [2.24, 2.45) is 59.2 Å². The normalized spacial score (nSPS) is 20.5. The van der Waals surface area contributed by atoms with Crippen LogP contribution in [0, 0.1) is 84.9 Å². The number of fused-ring (bicyclic) bond motifs is 5. The summed E-state index contributed by atoms with van der Waals surface area (Å²) in [5, 5.41) is 2.78. The molecule has 1 saturated carbocycles. The van der Waals surface area contributed by atoms with Crippen LogP contribution in [0.1, 0.15) is 481 Å². The van der Waals surface area contributed by atoms with Crippen molar-refractivity contribution in [3.63, 3.8) is 0 Å². The number of hydrogen-bond acceptors (Lipinski definition) is 0. The molecule has 0 nitrogen and oxygen atoms in total. The van der Waals surface area contributed by atoms with E-state index in [2.05, 4.69) is 412 Å². The minimum absolute atomic E-state index is 0. The maximum atomic E-state index is 2.51. The molecule has 2 radical (unpaired) electrons.